The second kappa shape index (κ2) is 11.5. The lowest BCUT2D eigenvalue weighted by molar-refractivity contribution is -0.180. The van der Waals surface area contributed by atoms with E-state index in [1.807, 2.05) is 84.9 Å². The van der Waals surface area contributed by atoms with Crippen LogP contribution in [0.5, 0.6) is 0 Å². The largest absolute Gasteiger partial charge is 0.466 e. The van der Waals surface area contributed by atoms with Crippen molar-refractivity contribution in [1.29, 1.82) is 0 Å². The van der Waals surface area contributed by atoms with Crippen LogP contribution >= 0.6 is 22.6 Å². The van der Waals surface area contributed by atoms with E-state index in [1.165, 1.54) is 7.11 Å². The van der Waals surface area contributed by atoms with E-state index in [2.05, 4.69) is 27.9 Å². The smallest absolute Gasteiger partial charge is 0.348 e. The van der Waals surface area contributed by atoms with Crippen LogP contribution < -0.4 is 5.32 Å². The Balaban J connectivity index is 1.71. The van der Waals surface area contributed by atoms with Gasteiger partial charge in [0.15, 0.2) is 5.76 Å². The number of rotatable bonds is 9. The number of hydrogen-bond donors (Lipinski definition) is 1. The standard InChI is InChI=1S/C31H30INO4/c1-35-30(34)31(37-20-22-10-4-2-5-11-22,29-27-15-9-8-14-24(27)21-36-29)28(23-12-6-3-7-13-23)33-26-18-16-25(32)17-19-26/h2-7,10-13,16-19,21,28,33H,8-9,14-15,20H2,1H3/t28-,31+/m1/s1. The van der Waals surface area contributed by atoms with E-state index in [-0.39, 0.29) is 6.61 Å². The maximum atomic E-state index is 14.1. The van der Waals surface area contributed by atoms with Crippen LogP contribution in [-0.2, 0) is 39.3 Å². The molecule has 5 nitrogen and oxygen atoms in total. The molecule has 1 aromatic heterocycles. The van der Waals surface area contributed by atoms with Crippen LogP contribution in [0.2, 0.25) is 0 Å². The van der Waals surface area contributed by atoms with E-state index in [1.54, 1.807) is 6.26 Å². The number of carbonyl (C=O) groups is 1. The number of hydrogen-bond acceptors (Lipinski definition) is 5. The number of carbonyl (C=O) groups excluding carboxylic acids is 1. The van der Waals surface area contributed by atoms with Crippen molar-refractivity contribution in [1.82, 2.24) is 0 Å². The first kappa shape index (κ1) is 25.5. The number of fused-ring (bicyclic) bond motifs is 1. The molecule has 2 atom stereocenters. The molecule has 4 aromatic rings. The van der Waals surface area contributed by atoms with Gasteiger partial charge in [-0.25, -0.2) is 4.79 Å². The molecule has 37 heavy (non-hydrogen) atoms. The highest BCUT2D eigenvalue weighted by Gasteiger charge is 2.55. The maximum Gasteiger partial charge on any atom is 0.348 e. The van der Waals surface area contributed by atoms with Crippen LogP contribution in [0.4, 0.5) is 5.69 Å². The fourth-order valence-electron chi connectivity index (χ4n) is 5.08. The molecule has 0 bridgehead atoms. The highest BCUT2D eigenvalue weighted by atomic mass is 127. The number of esters is 1. The molecule has 190 valence electrons. The average Bonchev–Trinajstić information content (AvgIpc) is 3.39. The summed E-state index contributed by atoms with van der Waals surface area (Å²) in [5, 5.41) is 3.62. The second-order valence-corrected chi connectivity index (χ2v) is 10.5. The Bertz CT molecular complexity index is 1320. The van der Waals surface area contributed by atoms with Gasteiger partial charge in [-0.2, -0.15) is 0 Å². The highest BCUT2D eigenvalue weighted by Crippen LogP contribution is 2.46. The van der Waals surface area contributed by atoms with Gasteiger partial charge in [-0.1, -0.05) is 60.7 Å². The van der Waals surface area contributed by atoms with Gasteiger partial charge in [-0.3, -0.25) is 0 Å². The van der Waals surface area contributed by atoms with Crippen molar-refractivity contribution in [2.24, 2.45) is 0 Å². The number of benzene rings is 3. The fourth-order valence-corrected chi connectivity index (χ4v) is 5.44. The van der Waals surface area contributed by atoms with Gasteiger partial charge in [-0.15, -0.1) is 0 Å². The van der Waals surface area contributed by atoms with E-state index in [9.17, 15) is 4.79 Å². The number of furan rings is 1. The van der Waals surface area contributed by atoms with E-state index in [0.717, 1.165) is 57.2 Å². The van der Waals surface area contributed by atoms with Gasteiger partial charge in [0.05, 0.1) is 26.0 Å². The summed E-state index contributed by atoms with van der Waals surface area (Å²) < 4.78 is 19.7. The Labute approximate surface area is 231 Å². The summed E-state index contributed by atoms with van der Waals surface area (Å²) in [5.74, 6) is 0.0230. The van der Waals surface area contributed by atoms with Gasteiger partial charge in [0, 0.05) is 14.8 Å². The molecule has 6 heteroatoms. The number of aryl methyl sites for hydroxylation is 1. The first-order valence-corrected chi connectivity index (χ1v) is 13.6. The molecule has 1 heterocycles. The number of halogens is 1. The molecule has 5 rings (SSSR count). The Kier molecular flexibility index (Phi) is 7.96. The molecule has 0 aliphatic heterocycles. The third-order valence-corrected chi connectivity index (χ3v) is 7.65. The normalized spacial score (nSPS) is 15.3. The van der Waals surface area contributed by atoms with Crippen molar-refractivity contribution in [3.05, 3.63) is 123 Å². The van der Waals surface area contributed by atoms with Gasteiger partial charge in [0.2, 0.25) is 5.60 Å². The van der Waals surface area contributed by atoms with E-state index < -0.39 is 17.6 Å². The first-order valence-electron chi connectivity index (χ1n) is 12.5. The molecular weight excluding hydrogens is 577 g/mol. The zero-order valence-electron chi connectivity index (χ0n) is 20.8. The molecule has 0 spiro atoms. The lowest BCUT2D eigenvalue weighted by Gasteiger charge is -2.38. The summed E-state index contributed by atoms with van der Waals surface area (Å²) in [6.07, 6.45) is 5.69. The molecule has 0 saturated heterocycles. The van der Waals surface area contributed by atoms with E-state index >= 15 is 0 Å². The Morgan fingerprint density at radius 2 is 1.65 bits per heavy atom. The number of anilines is 1. The van der Waals surface area contributed by atoms with Crippen molar-refractivity contribution in [3.63, 3.8) is 0 Å². The summed E-state index contributed by atoms with van der Waals surface area (Å²) in [6, 6.07) is 27.2. The molecular formula is C31H30INO4. The highest BCUT2D eigenvalue weighted by molar-refractivity contribution is 14.1. The Hall–Kier alpha value is -3.10. The van der Waals surface area contributed by atoms with Gasteiger partial charge >= 0.3 is 5.97 Å². The van der Waals surface area contributed by atoms with Crippen LogP contribution in [0.3, 0.4) is 0 Å². The Morgan fingerprint density at radius 3 is 2.35 bits per heavy atom. The average molecular weight is 607 g/mol. The predicted molar refractivity (Wildman–Crippen MR) is 152 cm³/mol. The van der Waals surface area contributed by atoms with Crippen LogP contribution in [-0.4, -0.2) is 13.1 Å². The van der Waals surface area contributed by atoms with Crippen molar-refractivity contribution in [2.45, 2.75) is 43.9 Å². The molecule has 1 aliphatic rings. The molecule has 0 amide bonds. The zero-order valence-corrected chi connectivity index (χ0v) is 22.9. The van der Waals surface area contributed by atoms with E-state index in [4.69, 9.17) is 13.9 Å². The monoisotopic (exact) mass is 607 g/mol. The summed E-state index contributed by atoms with van der Waals surface area (Å²) >= 11 is 2.28. The molecule has 0 radical (unpaired) electrons. The first-order chi connectivity index (χ1) is 18.1. The SMILES string of the molecule is COC(=O)[C@@](OCc1ccccc1)(c1occ2c1CCCC2)[C@H](Nc1ccc(I)cc1)c1ccccc1. The molecule has 1 aliphatic carbocycles. The van der Waals surface area contributed by atoms with Gasteiger partial charge in [0.25, 0.3) is 0 Å². The lowest BCUT2D eigenvalue weighted by Crippen LogP contribution is -2.48. The van der Waals surface area contributed by atoms with Crippen molar-refractivity contribution < 1.29 is 18.7 Å². The number of methoxy groups -OCH3 is 1. The number of ether oxygens (including phenoxy) is 2. The molecule has 0 saturated carbocycles. The molecule has 0 fully saturated rings. The minimum Gasteiger partial charge on any atom is -0.466 e. The number of nitrogens with one attached hydrogen (secondary N) is 1. The van der Waals surface area contributed by atoms with Crippen LogP contribution in [0.1, 0.15) is 46.9 Å². The predicted octanol–water partition coefficient (Wildman–Crippen LogP) is 7.20. The Morgan fingerprint density at radius 1 is 0.973 bits per heavy atom. The maximum absolute atomic E-state index is 14.1. The van der Waals surface area contributed by atoms with Gasteiger partial charge < -0.3 is 19.2 Å². The summed E-state index contributed by atoms with van der Waals surface area (Å²) in [5.41, 5.74) is 3.33. The van der Waals surface area contributed by atoms with Crippen LogP contribution in [0.25, 0.3) is 0 Å². The van der Waals surface area contributed by atoms with Crippen molar-refractivity contribution in [3.8, 4) is 0 Å². The quantitative estimate of drug-likeness (QED) is 0.161. The summed E-state index contributed by atoms with van der Waals surface area (Å²) in [7, 11) is 1.41. The molecule has 1 N–H and O–H groups in total. The summed E-state index contributed by atoms with van der Waals surface area (Å²) in [4.78, 5) is 14.1. The fraction of sp³-hybridized carbons (Fsp3) is 0.258. The van der Waals surface area contributed by atoms with Crippen LogP contribution in [0, 0.1) is 3.57 Å². The van der Waals surface area contributed by atoms with E-state index in [0.29, 0.717) is 5.76 Å². The zero-order chi connectivity index (χ0) is 25.7. The summed E-state index contributed by atoms with van der Waals surface area (Å²) in [6.45, 7) is 0.211. The third-order valence-electron chi connectivity index (χ3n) is 6.93. The van der Waals surface area contributed by atoms with Gasteiger partial charge in [-0.05, 0) is 89.2 Å². The molecule has 0 unspecified atom stereocenters. The second-order valence-electron chi connectivity index (χ2n) is 9.27. The van der Waals surface area contributed by atoms with Gasteiger partial charge in [0.1, 0.15) is 0 Å². The topological polar surface area (TPSA) is 60.7 Å². The minimum absolute atomic E-state index is 0.211. The minimum atomic E-state index is -1.57. The van der Waals surface area contributed by atoms with Crippen molar-refractivity contribution in [2.75, 3.05) is 12.4 Å². The van der Waals surface area contributed by atoms with Crippen molar-refractivity contribution >= 4 is 34.2 Å². The molecule has 3 aromatic carbocycles. The lowest BCUT2D eigenvalue weighted by atomic mass is 9.81. The van der Waals surface area contributed by atoms with Crippen LogP contribution in [0.15, 0.2) is 95.6 Å². The third kappa shape index (κ3) is 5.31.